The molecule has 0 spiro atoms. The number of hydrogen-bond donors (Lipinski definition) is 1. The van der Waals surface area contributed by atoms with E-state index in [0.29, 0.717) is 5.02 Å². The van der Waals surface area contributed by atoms with Crippen molar-refractivity contribution < 1.29 is 22.0 Å². The summed E-state index contributed by atoms with van der Waals surface area (Å²) in [6.45, 7) is 0. The van der Waals surface area contributed by atoms with E-state index in [1.54, 1.807) is 6.07 Å². The van der Waals surface area contributed by atoms with Gasteiger partial charge in [0.25, 0.3) is 12.3 Å². The molecule has 4 nitrogen and oxygen atoms in total. The second-order valence-electron chi connectivity index (χ2n) is 6.10. The van der Waals surface area contributed by atoms with Gasteiger partial charge < -0.3 is 5.32 Å². The zero-order chi connectivity index (χ0) is 18.9. The molecule has 1 amide bonds. The van der Waals surface area contributed by atoms with Gasteiger partial charge in [0.1, 0.15) is 5.75 Å². The molecule has 0 saturated carbocycles. The van der Waals surface area contributed by atoms with Crippen molar-refractivity contribution in [3.63, 3.8) is 0 Å². The van der Waals surface area contributed by atoms with Crippen LogP contribution < -0.4 is 5.32 Å². The van der Waals surface area contributed by atoms with Gasteiger partial charge in [-0.1, -0.05) is 17.7 Å². The Morgan fingerprint density at radius 2 is 1.88 bits per heavy atom. The van der Waals surface area contributed by atoms with Crippen molar-refractivity contribution in [3.05, 3.63) is 64.2 Å². The SMILES string of the molecule is O=C(N[C@@H]1CCc2cc(Cl)ccc21)c1ccc(S(=O)(=O)CC(F)F)cc1. The van der Waals surface area contributed by atoms with E-state index in [4.69, 9.17) is 11.6 Å². The van der Waals surface area contributed by atoms with Crippen LogP contribution in [0.3, 0.4) is 0 Å². The molecule has 1 atom stereocenters. The lowest BCUT2D eigenvalue weighted by molar-refractivity contribution is 0.0936. The van der Waals surface area contributed by atoms with Crippen molar-refractivity contribution in [1.82, 2.24) is 5.32 Å². The topological polar surface area (TPSA) is 63.2 Å². The minimum Gasteiger partial charge on any atom is -0.345 e. The number of hydrogen-bond acceptors (Lipinski definition) is 3. The van der Waals surface area contributed by atoms with Crippen molar-refractivity contribution in [3.8, 4) is 0 Å². The van der Waals surface area contributed by atoms with Gasteiger partial charge in [0.15, 0.2) is 9.84 Å². The molecule has 138 valence electrons. The lowest BCUT2D eigenvalue weighted by Gasteiger charge is -2.14. The quantitative estimate of drug-likeness (QED) is 0.831. The zero-order valence-electron chi connectivity index (χ0n) is 13.6. The van der Waals surface area contributed by atoms with Gasteiger partial charge in [0.2, 0.25) is 0 Å². The summed E-state index contributed by atoms with van der Waals surface area (Å²) < 4.78 is 48.2. The third-order valence-corrected chi connectivity index (χ3v) is 6.23. The van der Waals surface area contributed by atoms with Crippen LogP contribution in [0.25, 0.3) is 0 Å². The summed E-state index contributed by atoms with van der Waals surface area (Å²) in [5, 5.41) is 3.56. The summed E-state index contributed by atoms with van der Waals surface area (Å²) in [6.07, 6.45) is -1.38. The first-order valence-corrected chi connectivity index (χ1v) is 9.99. The predicted octanol–water partition coefficient (Wildman–Crippen LogP) is 3.80. The van der Waals surface area contributed by atoms with Crippen LogP contribution in [-0.4, -0.2) is 26.5 Å². The van der Waals surface area contributed by atoms with Crippen molar-refractivity contribution in [2.24, 2.45) is 0 Å². The number of fused-ring (bicyclic) bond motifs is 1. The predicted molar refractivity (Wildman–Crippen MR) is 94.5 cm³/mol. The lowest BCUT2D eigenvalue weighted by Crippen LogP contribution is -2.27. The van der Waals surface area contributed by atoms with E-state index in [-0.39, 0.29) is 22.4 Å². The number of carbonyl (C=O) groups is 1. The summed E-state index contributed by atoms with van der Waals surface area (Å²) in [4.78, 5) is 12.2. The highest BCUT2D eigenvalue weighted by molar-refractivity contribution is 7.91. The summed E-state index contributed by atoms with van der Waals surface area (Å²) >= 11 is 5.97. The van der Waals surface area contributed by atoms with E-state index in [1.807, 2.05) is 12.1 Å². The van der Waals surface area contributed by atoms with Crippen LogP contribution in [-0.2, 0) is 16.3 Å². The molecule has 0 unspecified atom stereocenters. The van der Waals surface area contributed by atoms with Crippen LogP contribution in [0.4, 0.5) is 8.78 Å². The van der Waals surface area contributed by atoms with Crippen molar-refractivity contribution in [2.45, 2.75) is 30.2 Å². The second-order valence-corrected chi connectivity index (χ2v) is 8.58. The first-order chi connectivity index (χ1) is 12.3. The fraction of sp³-hybridized carbons (Fsp3) is 0.278. The molecular formula is C18H16ClF2NO3S. The first-order valence-electron chi connectivity index (χ1n) is 7.96. The molecule has 1 aliphatic rings. The Balaban J connectivity index is 1.72. The number of benzene rings is 2. The Kier molecular flexibility index (Phi) is 5.29. The maximum absolute atomic E-state index is 12.4. The van der Waals surface area contributed by atoms with Gasteiger partial charge >= 0.3 is 0 Å². The van der Waals surface area contributed by atoms with Crippen LogP contribution in [0.5, 0.6) is 0 Å². The summed E-state index contributed by atoms with van der Waals surface area (Å²) in [6, 6.07) is 10.4. The molecule has 0 aromatic heterocycles. The minimum atomic E-state index is -4.06. The lowest BCUT2D eigenvalue weighted by atomic mass is 10.1. The fourth-order valence-electron chi connectivity index (χ4n) is 3.05. The van der Waals surface area contributed by atoms with Crippen LogP contribution in [0.1, 0.15) is 33.9 Å². The molecule has 1 aliphatic carbocycles. The minimum absolute atomic E-state index is 0.142. The highest BCUT2D eigenvalue weighted by Crippen LogP contribution is 2.33. The fourth-order valence-corrected chi connectivity index (χ4v) is 4.32. The summed E-state index contributed by atoms with van der Waals surface area (Å²) in [5.74, 6) is -1.59. The first kappa shape index (κ1) is 18.8. The summed E-state index contributed by atoms with van der Waals surface area (Å²) in [7, 11) is -4.06. The van der Waals surface area contributed by atoms with E-state index < -0.39 is 22.0 Å². The number of carbonyl (C=O) groups excluding carboxylic acids is 1. The second kappa shape index (κ2) is 7.32. The number of nitrogens with one attached hydrogen (secondary N) is 1. The van der Waals surface area contributed by atoms with Gasteiger partial charge in [-0.15, -0.1) is 0 Å². The maximum atomic E-state index is 12.4. The van der Waals surface area contributed by atoms with E-state index >= 15 is 0 Å². The number of rotatable bonds is 5. The largest absolute Gasteiger partial charge is 0.345 e. The van der Waals surface area contributed by atoms with Gasteiger partial charge in [0, 0.05) is 10.6 Å². The smallest absolute Gasteiger partial charge is 0.252 e. The Hall–Kier alpha value is -1.99. The normalized spacial score (nSPS) is 16.5. The maximum Gasteiger partial charge on any atom is 0.252 e. The Morgan fingerprint density at radius 1 is 1.19 bits per heavy atom. The van der Waals surface area contributed by atoms with Crippen LogP contribution in [0, 0.1) is 0 Å². The number of amides is 1. The van der Waals surface area contributed by atoms with E-state index in [2.05, 4.69) is 5.32 Å². The van der Waals surface area contributed by atoms with Crippen molar-refractivity contribution in [2.75, 3.05) is 5.75 Å². The van der Waals surface area contributed by atoms with Gasteiger partial charge in [0.05, 0.1) is 10.9 Å². The molecule has 3 rings (SSSR count). The molecular weight excluding hydrogens is 384 g/mol. The summed E-state index contributed by atoms with van der Waals surface area (Å²) in [5.41, 5.74) is 2.37. The highest BCUT2D eigenvalue weighted by atomic mass is 35.5. The van der Waals surface area contributed by atoms with Crippen LogP contribution >= 0.6 is 11.6 Å². The van der Waals surface area contributed by atoms with E-state index in [9.17, 15) is 22.0 Å². The molecule has 0 fully saturated rings. The molecule has 0 aliphatic heterocycles. The third-order valence-electron chi connectivity index (χ3n) is 4.31. The molecule has 0 heterocycles. The standard InChI is InChI=1S/C18H16ClF2NO3S/c19-13-4-7-15-12(9-13)3-8-16(15)22-18(23)11-1-5-14(6-2-11)26(24,25)10-17(20)21/h1-2,4-7,9,16-17H,3,8,10H2,(H,22,23)/t16-/m1/s1. The Morgan fingerprint density at radius 3 is 2.54 bits per heavy atom. The van der Waals surface area contributed by atoms with Gasteiger partial charge in [-0.25, -0.2) is 17.2 Å². The van der Waals surface area contributed by atoms with E-state index in [0.717, 1.165) is 24.0 Å². The van der Waals surface area contributed by atoms with Crippen molar-refractivity contribution in [1.29, 1.82) is 0 Å². The third kappa shape index (κ3) is 4.04. The molecule has 0 saturated heterocycles. The van der Waals surface area contributed by atoms with Crippen LogP contribution in [0.2, 0.25) is 5.02 Å². The molecule has 2 aromatic rings. The Bertz CT molecular complexity index is 930. The number of aryl methyl sites for hydroxylation is 1. The average molecular weight is 400 g/mol. The van der Waals surface area contributed by atoms with Gasteiger partial charge in [-0.2, -0.15) is 0 Å². The molecule has 0 radical (unpaired) electrons. The number of alkyl halides is 2. The van der Waals surface area contributed by atoms with Gasteiger partial charge in [-0.05, 0) is 60.4 Å². The molecule has 1 N–H and O–H groups in total. The number of sulfone groups is 1. The zero-order valence-corrected chi connectivity index (χ0v) is 15.2. The highest BCUT2D eigenvalue weighted by Gasteiger charge is 2.25. The molecule has 26 heavy (non-hydrogen) atoms. The van der Waals surface area contributed by atoms with E-state index in [1.165, 1.54) is 24.3 Å². The molecule has 0 bridgehead atoms. The molecule has 2 aromatic carbocycles. The van der Waals surface area contributed by atoms with Gasteiger partial charge in [-0.3, -0.25) is 4.79 Å². The monoisotopic (exact) mass is 399 g/mol. The average Bonchev–Trinajstić information content (AvgIpc) is 2.95. The molecule has 8 heteroatoms. The Labute approximate surface area is 155 Å². The van der Waals surface area contributed by atoms with Crippen LogP contribution in [0.15, 0.2) is 47.4 Å². The number of halogens is 3. The van der Waals surface area contributed by atoms with Crippen molar-refractivity contribution >= 4 is 27.3 Å².